The van der Waals surface area contributed by atoms with Crippen molar-refractivity contribution in [3.05, 3.63) is 70.4 Å². The molecule has 1 saturated heterocycles. The molecule has 3 heterocycles. The molecular formula is C27H28ClN5. The maximum absolute atomic E-state index is 6.19. The molecule has 0 amide bonds. The quantitative estimate of drug-likeness (QED) is 0.589. The molecular weight excluding hydrogens is 430 g/mol. The Balaban J connectivity index is 1.31. The molecule has 33 heavy (non-hydrogen) atoms. The lowest BCUT2D eigenvalue weighted by atomic mass is 10.1. The van der Waals surface area contributed by atoms with Gasteiger partial charge in [0.2, 0.25) is 0 Å². The second-order valence-electron chi connectivity index (χ2n) is 8.67. The number of nitrogens with two attached hydrogens (primary N) is 1. The van der Waals surface area contributed by atoms with E-state index in [-0.39, 0.29) is 0 Å². The number of anilines is 1. The molecule has 2 N–H and O–H groups in total. The molecule has 5 rings (SSSR count). The number of benzene rings is 2. The average Bonchev–Trinajstić information content (AvgIpc) is 3.32. The second kappa shape index (κ2) is 9.82. The van der Waals surface area contributed by atoms with E-state index in [0.717, 1.165) is 53.9 Å². The normalized spacial score (nSPS) is 16.5. The van der Waals surface area contributed by atoms with Crippen LogP contribution in [0.25, 0.3) is 10.8 Å². The van der Waals surface area contributed by atoms with Gasteiger partial charge in [-0.3, -0.25) is 4.99 Å². The van der Waals surface area contributed by atoms with Crippen LogP contribution in [0.2, 0.25) is 5.02 Å². The van der Waals surface area contributed by atoms with Gasteiger partial charge in [-0.05, 0) is 50.2 Å². The number of fused-ring (bicyclic) bond motifs is 1. The van der Waals surface area contributed by atoms with E-state index < -0.39 is 0 Å². The standard InChI is InChI=1S/C27H28ClN5/c28-23-10-9-22-19-31-26(29)24(25(22)18-23)11-6-20-4-7-21(8-5-20)27-30-12-15-33(27)17-16-32-13-2-1-3-14-32/h4-5,7-10,18-19H,1-3,12-17H2,(H2,29,31). The summed E-state index contributed by atoms with van der Waals surface area (Å²) >= 11 is 6.19. The largest absolute Gasteiger partial charge is 0.383 e. The molecule has 0 radical (unpaired) electrons. The summed E-state index contributed by atoms with van der Waals surface area (Å²) < 4.78 is 0. The fraction of sp³-hybridized carbons (Fsp3) is 0.333. The van der Waals surface area contributed by atoms with Crippen molar-refractivity contribution in [1.82, 2.24) is 14.8 Å². The molecule has 0 aliphatic carbocycles. The number of halogens is 1. The lowest BCUT2D eigenvalue weighted by Gasteiger charge is -2.29. The number of nitrogen functional groups attached to an aromatic ring is 1. The molecule has 0 atom stereocenters. The van der Waals surface area contributed by atoms with Gasteiger partial charge in [-0.15, -0.1) is 0 Å². The SMILES string of the molecule is Nc1ncc2ccc(Cl)cc2c1C#Cc1ccc(C2=NCCN2CCN2CCCCC2)cc1. The van der Waals surface area contributed by atoms with Crippen LogP contribution in [0.15, 0.2) is 53.7 Å². The summed E-state index contributed by atoms with van der Waals surface area (Å²) in [5.41, 5.74) is 8.91. The van der Waals surface area contributed by atoms with E-state index in [1.54, 1.807) is 6.20 Å². The number of hydrogen-bond acceptors (Lipinski definition) is 5. The molecule has 0 bridgehead atoms. The number of nitrogens with zero attached hydrogens (tertiary/aromatic N) is 4. The Morgan fingerprint density at radius 1 is 0.939 bits per heavy atom. The molecule has 1 fully saturated rings. The number of hydrogen-bond donors (Lipinski definition) is 1. The van der Waals surface area contributed by atoms with Crippen LogP contribution in [0.4, 0.5) is 5.82 Å². The molecule has 2 aliphatic heterocycles. The van der Waals surface area contributed by atoms with Crippen LogP contribution >= 0.6 is 11.6 Å². The van der Waals surface area contributed by atoms with Crippen LogP contribution < -0.4 is 5.73 Å². The van der Waals surface area contributed by atoms with E-state index in [9.17, 15) is 0 Å². The smallest absolute Gasteiger partial charge is 0.139 e. The van der Waals surface area contributed by atoms with E-state index >= 15 is 0 Å². The monoisotopic (exact) mass is 457 g/mol. The van der Waals surface area contributed by atoms with Gasteiger partial charge in [0.05, 0.1) is 12.1 Å². The van der Waals surface area contributed by atoms with E-state index in [1.807, 2.05) is 30.3 Å². The number of aliphatic imine (C=N–C) groups is 1. The molecule has 0 saturated carbocycles. The van der Waals surface area contributed by atoms with Gasteiger partial charge in [0.15, 0.2) is 0 Å². The third-order valence-electron chi connectivity index (χ3n) is 6.42. The lowest BCUT2D eigenvalue weighted by Crippen LogP contribution is -2.39. The summed E-state index contributed by atoms with van der Waals surface area (Å²) in [4.78, 5) is 14.1. The number of pyridine rings is 1. The molecule has 3 aromatic rings. The van der Waals surface area contributed by atoms with Gasteiger partial charge in [0, 0.05) is 52.8 Å². The molecule has 2 aliphatic rings. The summed E-state index contributed by atoms with van der Waals surface area (Å²) in [6.45, 7) is 6.49. The van der Waals surface area contributed by atoms with Crippen LogP contribution in [0.1, 0.15) is 36.0 Å². The number of rotatable bonds is 4. The molecule has 2 aromatic carbocycles. The topological polar surface area (TPSA) is 57.8 Å². The Kier molecular flexibility index (Phi) is 6.48. The summed E-state index contributed by atoms with van der Waals surface area (Å²) in [6, 6.07) is 14.0. The summed E-state index contributed by atoms with van der Waals surface area (Å²) in [6.07, 6.45) is 5.79. The van der Waals surface area contributed by atoms with Crippen molar-refractivity contribution >= 4 is 34.0 Å². The molecule has 0 unspecified atom stereocenters. The van der Waals surface area contributed by atoms with E-state index in [4.69, 9.17) is 22.3 Å². The van der Waals surface area contributed by atoms with Gasteiger partial charge in [0.1, 0.15) is 11.7 Å². The number of piperidine rings is 1. The first-order valence-electron chi connectivity index (χ1n) is 11.7. The van der Waals surface area contributed by atoms with Gasteiger partial charge < -0.3 is 15.5 Å². The minimum Gasteiger partial charge on any atom is -0.383 e. The van der Waals surface area contributed by atoms with E-state index in [0.29, 0.717) is 16.4 Å². The summed E-state index contributed by atoms with van der Waals surface area (Å²) in [5, 5.41) is 2.54. The Morgan fingerprint density at radius 2 is 1.76 bits per heavy atom. The van der Waals surface area contributed by atoms with Gasteiger partial charge >= 0.3 is 0 Å². The fourth-order valence-electron chi connectivity index (χ4n) is 4.59. The van der Waals surface area contributed by atoms with Crippen LogP contribution in [0, 0.1) is 11.8 Å². The van der Waals surface area contributed by atoms with Crippen LogP contribution in [0.3, 0.4) is 0 Å². The van der Waals surface area contributed by atoms with Gasteiger partial charge in [-0.2, -0.15) is 0 Å². The van der Waals surface area contributed by atoms with Gasteiger partial charge in [-0.25, -0.2) is 4.98 Å². The van der Waals surface area contributed by atoms with Crippen LogP contribution in [-0.4, -0.2) is 59.9 Å². The van der Waals surface area contributed by atoms with Crippen LogP contribution in [-0.2, 0) is 0 Å². The summed E-state index contributed by atoms with van der Waals surface area (Å²) in [5.74, 6) is 7.96. The van der Waals surface area contributed by atoms with Crippen molar-refractivity contribution in [3.63, 3.8) is 0 Å². The zero-order valence-electron chi connectivity index (χ0n) is 18.7. The summed E-state index contributed by atoms with van der Waals surface area (Å²) in [7, 11) is 0. The molecule has 5 nitrogen and oxygen atoms in total. The molecule has 0 spiro atoms. The Hall–Kier alpha value is -3.07. The maximum Gasteiger partial charge on any atom is 0.139 e. The van der Waals surface area contributed by atoms with Crippen molar-refractivity contribution in [2.24, 2.45) is 4.99 Å². The Labute approximate surface area is 200 Å². The molecule has 1 aromatic heterocycles. The van der Waals surface area contributed by atoms with Crippen molar-refractivity contribution in [2.45, 2.75) is 19.3 Å². The number of likely N-dealkylation sites (tertiary alicyclic amines) is 1. The minimum atomic E-state index is 0.415. The highest BCUT2D eigenvalue weighted by atomic mass is 35.5. The van der Waals surface area contributed by atoms with E-state index in [2.05, 4.69) is 38.8 Å². The van der Waals surface area contributed by atoms with Crippen molar-refractivity contribution in [1.29, 1.82) is 0 Å². The first-order chi connectivity index (χ1) is 16.2. The van der Waals surface area contributed by atoms with Crippen molar-refractivity contribution < 1.29 is 0 Å². The highest BCUT2D eigenvalue weighted by Crippen LogP contribution is 2.25. The second-order valence-corrected chi connectivity index (χ2v) is 9.11. The lowest BCUT2D eigenvalue weighted by molar-refractivity contribution is 0.213. The predicted molar refractivity (Wildman–Crippen MR) is 137 cm³/mol. The third kappa shape index (κ3) is 4.98. The zero-order chi connectivity index (χ0) is 22.6. The van der Waals surface area contributed by atoms with Crippen LogP contribution in [0.5, 0.6) is 0 Å². The van der Waals surface area contributed by atoms with Gasteiger partial charge in [0.25, 0.3) is 0 Å². The molecule has 168 valence electrons. The Bertz CT molecular complexity index is 1230. The minimum absolute atomic E-state index is 0.415. The average molecular weight is 458 g/mol. The van der Waals surface area contributed by atoms with Crippen molar-refractivity contribution in [2.75, 3.05) is 45.0 Å². The van der Waals surface area contributed by atoms with E-state index in [1.165, 1.54) is 32.4 Å². The fourth-order valence-corrected chi connectivity index (χ4v) is 4.76. The van der Waals surface area contributed by atoms with Gasteiger partial charge in [-0.1, -0.05) is 48.1 Å². The Morgan fingerprint density at radius 3 is 2.58 bits per heavy atom. The molecule has 6 heteroatoms. The highest BCUT2D eigenvalue weighted by Gasteiger charge is 2.20. The zero-order valence-corrected chi connectivity index (χ0v) is 19.5. The third-order valence-corrected chi connectivity index (χ3v) is 6.66. The number of amidine groups is 1. The van der Waals surface area contributed by atoms with Crippen molar-refractivity contribution in [3.8, 4) is 11.8 Å². The maximum atomic E-state index is 6.19. The number of aromatic nitrogens is 1. The predicted octanol–water partition coefficient (Wildman–Crippen LogP) is 4.42. The first kappa shape index (κ1) is 21.8. The highest BCUT2D eigenvalue weighted by molar-refractivity contribution is 6.31. The first-order valence-corrected chi connectivity index (χ1v) is 12.0.